The lowest BCUT2D eigenvalue weighted by molar-refractivity contribution is -0.123. The first kappa shape index (κ1) is 20.1. The molecule has 3 rings (SSSR count). The highest BCUT2D eigenvalue weighted by Gasteiger charge is 2.23. The van der Waals surface area contributed by atoms with Gasteiger partial charge < -0.3 is 15.5 Å². The van der Waals surface area contributed by atoms with Crippen LogP contribution in [0.25, 0.3) is 0 Å². The molecule has 1 aliphatic rings. The number of hydrogen-bond donors (Lipinski definition) is 2. The molecular formula is C21H25N3O3S. The molecule has 6 nitrogen and oxygen atoms in total. The molecule has 0 unspecified atom stereocenters. The van der Waals surface area contributed by atoms with Crippen molar-refractivity contribution in [2.45, 2.75) is 40.5 Å². The summed E-state index contributed by atoms with van der Waals surface area (Å²) in [7, 11) is 0. The lowest BCUT2D eigenvalue weighted by Crippen LogP contribution is -2.27. The molecule has 0 bridgehead atoms. The number of amides is 3. The molecule has 0 atom stereocenters. The highest BCUT2D eigenvalue weighted by molar-refractivity contribution is 7.18. The molecule has 1 aliphatic heterocycles. The van der Waals surface area contributed by atoms with Crippen molar-refractivity contribution in [3.8, 4) is 0 Å². The molecule has 1 saturated heterocycles. The van der Waals surface area contributed by atoms with Crippen molar-refractivity contribution >= 4 is 45.4 Å². The number of nitrogens with zero attached hydrogens (tertiary/aromatic N) is 1. The molecule has 0 spiro atoms. The Kier molecular flexibility index (Phi) is 5.56. The zero-order valence-corrected chi connectivity index (χ0v) is 17.4. The summed E-state index contributed by atoms with van der Waals surface area (Å²) in [6.45, 7) is 8.11. The van der Waals surface area contributed by atoms with Gasteiger partial charge in [-0.1, -0.05) is 20.8 Å². The van der Waals surface area contributed by atoms with E-state index in [4.69, 9.17) is 0 Å². The lowest BCUT2D eigenvalue weighted by Gasteiger charge is -2.16. The number of nitrogens with one attached hydrogen (secondary N) is 2. The Morgan fingerprint density at radius 2 is 1.79 bits per heavy atom. The summed E-state index contributed by atoms with van der Waals surface area (Å²) >= 11 is 1.26. The predicted octanol–water partition coefficient (Wildman–Crippen LogP) is 4.42. The average Bonchev–Trinajstić information content (AvgIpc) is 3.20. The first-order valence-electron chi connectivity index (χ1n) is 9.29. The Morgan fingerprint density at radius 1 is 1.11 bits per heavy atom. The maximum atomic E-state index is 12.6. The van der Waals surface area contributed by atoms with Crippen LogP contribution in [-0.4, -0.2) is 24.3 Å². The second kappa shape index (κ2) is 7.75. The molecule has 1 aromatic carbocycles. The van der Waals surface area contributed by atoms with Crippen LogP contribution < -0.4 is 15.5 Å². The molecular weight excluding hydrogens is 374 g/mol. The minimum atomic E-state index is -0.501. The number of aryl methyl sites for hydroxylation is 1. The van der Waals surface area contributed by atoms with Gasteiger partial charge in [0, 0.05) is 29.8 Å². The Labute approximate surface area is 168 Å². The Morgan fingerprint density at radius 3 is 2.36 bits per heavy atom. The fourth-order valence-electron chi connectivity index (χ4n) is 2.90. The zero-order chi connectivity index (χ0) is 20.5. The summed E-state index contributed by atoms with van der Waals surface area (Å²) in [5, 5.41) is 6.40. The maximum Gasteiger partial charge on any atom is 0.266 e. The smallest absolute Gasteiger partial charge is 0.266 e. The van der Waals surface area contributed by atoms with Crippen LogP contribution in [0.4, 0.5) is 16.4 Å². The van der Waals surface area contributed by atoms with Crippen molar-refractivity contribution in [2.24, 2.45) is 5.41 Å². The van der Waals surface area contributed by atoms with Crippen molar-refractivity contribution in [3.63, 3.8) is 0 Å². The molecule has 0 saturated carbocycles. The molecule has 2 aromatic rings. The highest BCUT2D eigenvalue weighted by Crippen LogP contribution is 2.29. The number of benzene rings is 1. The molecule has 3 amide bonds. The van der Waals surface area contributed by atoms with Gasteiger partial charge in [0.15, 0.2) is 0 Å². The van der Waals surface area contributed by atoms with Crippen molar-refractivity contribution < 1.29 is 14.4 Å². The Hall–Kier alpha value is -2.67. The van der Waals surface area contributed by atoms with Gasteiger partial charge in [-0.25, -0.2) is 0 Å². The van der Waals surface area contributed by atoms with E-state index in [0.717, 1.165) is 24.2 Å². The molecule has 2 heterocycles. The van der Waals surface area contributed by atoms with E-state index in [1.54, 1.807) is 17.0 Å². The monoisotopic (exact) mass is 399 g/mol. The molecule has 0 aliphatic carbocycles. The summed E-state index contributed by atoms with van der Waals surface area (Å²) in [5.74, 6) is -0.174. The van der Waals surface area contributed by atoms with Crippen molar-refractivity contribution in [1.82, 2.24) is 0 Å². The molecule has 28 heavy (non-hydrogen) atoms. The van der Waals surface area contributed by atoms with Crippen LogP contribution >= 0.6 is 11.3 Å². The van der Waals surface area contributed by atoms with Crippen LogP contribution in [0.5, 0.6) is 0 Å². The maximum absolute atomic E-state index is 12.6. The van der Waals surface area contributed by atoms with Gasteiger partial charge in [-0.05, 0) is 49.2 Å². The fourth-order valence-corrected chi connectivity index (χ4v) is 3.87. The third kappa shape index (κ3) is 4.42. The summed E-state index contributed by atoms with van der Waals surface area (Å²) < 4.78 is 0. The van der Waals surface area contributed by atoms with Crippen molar-refractivity contribution in [3.05, 3.63) is 40.8 Å². The van der Waals surface area contributed by atoms with Crippen molar-refractivity contribution in [2.75, 3.05) is 22.1 Å². The van der Waals surface area contributed by atoms with Gasteiger partial charge in [0.1, 0.15) is 0 Å². The van der Waals surface area contributed by atoms with Crippen LogP contribution in [0.3, 0.4) is 0 Å². The third-order valence-electron chi connectivity index (χ3n) is 4.55. The molecule has 148 valence electrons. The minimum Gasteiger partial charge on any atom is -0.321 e. The van der Waals surface area contributed by atoms with E-state index in [1.165, 1.54) is 11.3 Å². The number of anilines is 3. The van der Waals surface area contributed by atoms with E-state index in [1.807, 2.05) is 45.9 Å². The largest absolute Gasteiger partial charge is 0.321 e. The zero-order valence-electron chi connectivity index (χ0n) is 16.6. The average molecular weight is 400 g/mol. The Bertz CT molecular complexity index is 910. The molecule has 2 N–H and O–H groups in total. The Balaban J connectivity index is 1.68. The molecule has 1 aromatic heterocycles. The van der Waals surface area contributed by atoms with Crippen molar-refractivity contribution in [1.29, 1.82) is 0 Å². The predicted molar refractivity (Wildman–Crippen MR) is 113 cm³/mol. The summed E-state index contributed by atoms with van der Waals surface area (Å²) in [4.78, 5) is 38.9. The summed E-state index contributed by atoms with van der Waals surface area (Å²) in [5.41, 5.74) is 1.82. The van der Waals surface area contributed by atoms with E-state index < -0.39 is 5.41 Å². The summed E-state index contributed by atoms with van der Waals surface area (Å²) in [6, 6.07) is 9.09. The van der Waals surface area contributed by atoms with E-state index in [2.05, 4.69) is 10.6 Å². The van der Waals surface area contributed by atoms with Crippen LogP contribution in [0.2, 0.25) is 0 Å². The number of thiophene rings is 1. The minimum absolute atomic E-state index is 0.0900. The van der Waals surface area contributed by atoms with Crippen LogP contribution in [-0.2, 0) is 9.59 Å². The topological polar surface area (TPSA) is 78.5 Å². The van der Waals surface area contributed by atoms with Gasteiger partial charge in [0.2, 0.25) is 11.8 Å². The van der Waals surface area contributed by atoms with Gasteiger partial charge in [-0.15, -0.1) is 11.3 Å². The van der Waals surface area contributed by atoms with Crippen LogP contribution in [0, 0.1) is 12.3 Å². The second-order valence-electron chi connectivity index (χ2n) is 7.98. The number of carbonyl (C=O) groups is 3. The van der Waals surface area contributed by atoms with Gasteiger partial charge >= 0.3 is 0 Å². The van der Waals surface area contributed by atoms with E-state index in [9.17, 15) is 14.4 Å². The molecule has 1 fully saturated rings. The van der Waals surface area contributed by atoms with Gasteiger partial charge in [-0.3, -0.25) is 14.4 Å². The van der Waals surface area contributed by atoms with E-state index >= 15 is 0 Å². The first-order chi connectivity index (χ1) is 13.1. The number of carbonyl (C=O) groups excluding carboxylic acids is 3. The highest BCUT2D eigenvalue weighted by atomic mass is 32.1. The van der Waals surface area contributed by atoms with Crippen LogP contribution in [0.1, 0.15) is 48.8 Å². The summed E-state index contributed by atoms with van der Waals surface area (Å²) in [6.07, 6.45) is 1.47. The quantitative estimate of drug-likeness (QED) is 0.799. The van der Waals surface area contributed by atoms with Gasteiger partial charge in [-0.2, -0.15) is 0 Å². The number of rotatable bonds is 4. The van der Waals surface area contributed by atoms with E-state index in [0.29, 0.717) is 22.0 Å². The second-order valence-corrected chi connectivity index (χ2v) is 9.03. The third-order valence-corrected chi connectivity index (χ3v) is 5.70. The number of hydrogen-bond acceptors (Lipinski definition) is 4. The molecule has 0 radical (unpaired) electrons. The van der Waals surface area contributed by atoms with Gasteiger partial charge in [0.05, 0.1) is 9.88 Å². The van der Waals surface area contributed by atoms with Gasteiger partial charge in [0.25, 0.3) is 5.91 Å². The standard InChI is InChI=1S/C21H25N3O3S/c1-13-12-16(23-20(27)21(2,3)4)28-18(13)19(26)22-14-7-9-15(10-8-14)24-11-5-6-17(24)25/h7-10,12H,5-6,11H2,1-4H3,(H,22,26)(H,23,27). The SMILES string of the molecule is Cc1cc(NC(=O)C(C)(C)C)sc1C(=O)Nc1ccc(N2CCCC2=O)cc1. The first-order valence-corrected chi connectivity index (χ1v) is 10.1. The molecule has 7 heteroatoms. The lowest BCUT2D eigenvalue weighted by atomic mass is 9.96. The van der Waals surface area contributed by atoms with E-state index in [-0.39, 0.29) is 17.7 Å². The fraction of sp³-hybridized carbons (Fsp3) is 0.381. The normalized spacial score (nSPS) is 14.3. The van der Waals surface area contributed by atoms with Crippen LogP contribution in [0.15, 0.2) is 30.3 Å².